The van der Waals surface area contributed by atoms with Crippen LogP contribution in [0.1, 0.15) is 18.4 Å². The van der Waals surface area contributed by atoms with E-state index in [9.17, 15) is 0 Å². The molecule has 1 aliphatic heterocycles. The molecule has 0 amide bonds. The lowest BCUT2D eigenvalue weighted by atomic mass is 9.86. The largest absolute Gasteiger partial charge is 0.374 e. The normalized spacial score (nSPS) is 33.3. The van der Waals surface area contributed by atoms with Gasteiger partial charge in [-0.2, -0.15) is 0 Å². The second-order valence-corrected chi connectivity index (χ2v) is 4.19. The summed E-state index contributed by atoms with van der Waals surface area (Å²) in [5.74, 6) is 0. The SMILES string of the molecule is c1ccc(COCC23CCC2O3)cc1. The molecule has 0 radical (unpaired) electrons. The first-order chi connectivity index (χ1) is 6.89. The monoisotopic (exact) mass is 190 g/mol. The highest BCUT2D eigenvalue weighted by molar-refractivity contribution is 5.14. The third-order valence-electron chi connectivity index (χ3n) is 3.19. The molecule has 1 heterocycles. The Morgan fingerprint density at radius 2 is 2.21 bits per heavy atom. The van der Waals surface area contributed by atoms with E-state index >= 15 is 0 Å². The molecule has 0 aromatic heterocycles. The number of ether oxygens (including phenoxy) is 2. The highest BCUT2D eigenvalue weighted by Crippen LogP contribution is 2.53. The quantitative estimate of drug-likeness (QED) is 0.678. The molecular formula is C12H14O2. The fraction of sp³-hybridized carbons (Fsp3) is 0.500. The molecule has 0 bridgehead atoms. The van der Waals surface area contributed by atoms with Crippen LogP contribution in [-0.2, 0) is 16.1 Å². The molecule has 3 rings (SSSR count). The second kappa shape index (κ2) is 3.07. The van der Waals surface area contributed by atoms with E-state index in [1.54, 1.807) is 0 Å². The highest BCUT2D eigenvalue weighted by atomic mass is 16.6. The van der Waals surface area contributed by atoms with Crippen molar-refractivity contribution in [1.29, 1.82) is 0 Å². The molecule has 1 saturated carbocycles. The first kappa shape index (κ1) is 8.45. The number of epoxide rings is 1. The predicted molar refractivity (Wildman–Crippen MR) is 52.9 cm³/mol. The van der Waals surface area contributed by atoms with Crippen molar-refractivity contribution >= 4 is 0 Å². The molecule has 14 heavy (non-hydrogen) atoms. The van der Waals surface area contributed by atoms with Gasteiger partial charge in [0, 0.05) is 0 Å². The molecule has 1 aromatic rings. The number of fused-ring (bicyclic) bond motifs is 1. The maximum absolute atomic E-state index is 5.64. The number of rotatable bonds is 4. The first-order valence-corrected chi connectivity index (χ1v) is 5.19. The van der Waals surface area contributed by atoms with E-state index in [4.69, 9.17) is 9.47 Å². The summed E-state index contributed by atoms with van der Waals surface area (Å²) < 4.78 is 11.2. The van der Waals surface area contributed by atoms with Gasteiger partial charge >= 0.3 is 0 Å². The second-order valence-electron chi connectivity index (χ2n) is 4.19. The highest BCUT2D eigenvalue weighted by Gasteiger charge is 2.63. The van der Waals surface area contributed by atoms with E-state index in [1.165, 1.54) is 18.4 Å². The van der Waals surface area contributed by atoms with Crippen molar-refractivity contribution in [3.63, 3.8) is 0 Å². The van der Waals surface area contributed by atoms with E-state index in [2.05, 4.69) is 12.1 Å². The zero-order valence-corrected chi connectivity index (χ0v) is 8.11. The van der Waals surface area contributed by atoms with Gasteiger partial charge < -0.3 is 9.47 Å². The summed E-state index contributed by atoms with van der Waals surface area (Å²) in [5, 5.41) is 0. The summed E-state index contributed by atoms with van der Waals surface area (Å²) in [6.45, 7) is 1.48. The van der Waals surface area contributed by atoms with Crippen molar-refractivity contribution in [2.24, 2.45) is 0 Å². The van der Waals surface area contributed by atoms with E-state index in [1.807, 2.05) is 18.2 Å². The van der Waals surface area contributed by atoms with Crippen molar-refractivity contribution in [2.45, 2.75) is 31.2 Å². The van der Waals surface area contributed by atoms with Crippen LogP contribution in [0.3, 0.4) is 0 Å². The Hall–Kier alpha value is -0.860. The zero-order valence-electron chi connectivity index (χ0n) is 8.11. The topological polar surface area (TPSA) is 21.8 Å². The van der Waals surface area contributed by atoms with Crippen molar-refractivity contribution in [3.8, 4) is 0 Å². The number of benzene rings is 1. The molecule has 2 fully saturated rings. The van der Waals surface area contributed by atoms with Gasteiger partial charge in [-0.15, -0.1) is 0 Å². The van der Waals surface area contributed by atoms with Gasteiger partial charge in [-0.25, -0.2) is 0 Å². The minimum absolute atomic E-state index is 0.148. The minimum Gasteiger partial charge on any atom is -0.374 e. The van der Waals surface area contributed by atoms with Crippen molar-refractivity contribution < 1.29 is 9.47 Å². The molecule has 2 aliphatic rings. The van der Waals surface area contributed by atoms with E-state index in [0.717, 1.165) is 6.61 Å². The van der Waals surface area contributed by atoms with E-state index in [0.29, 0.717) is 12.7 Å². The van der Waals surface area contributed by atoms with E-state index < -0.39 is 0 Å². The summed E-state index contributed by atoms with van der Waals surface area (Å²) in [4.78, 5) is 0. The molecule has 74 valence electrons. The Bertz CT molecular complexity index is 318. The van der Waals surface area contributed by atoms with Crippen molar-refractivity contribution in [2.75, 3.05) is 6.61 Å². The van der Waals surface area contributed by atoms with Gasteiger partial charge in [0.25, 0.3) is 0 Å². The van der Waals surface area contributed by atoms with Gasteiger partial charge in [0.2, 0.25) is 0 Å². The zero-order chi connectivity index (χ0) is 9.43. The number of hydrogen-bond acceptors (Lipinski definition) is 2. The number of hydrogen-bond donors (Lipinski definition) is 0. The van der Waals surface area contributed by atoms with Crippen LogP contribution in [0, 0.1) is 0 Å². The lowest BCUT2D eigenvalue weighted by Gasteiger charge is -2.18. The minimum atomic E-state index is 0.148. The van der Waals surface area contributed by atoms with Crippen LogP contribution in [-0.4, -0.2) is 18.3 Å². The van der Waals surface area contributed by atoms with Gasteiger partial charge in [0.1, 0.15) is 5.60 Å². The van der Waals surface area contributed by atoms with Crippen LogP contribution in [0.2, 0.25) is 0 Å². The predicted octanol–water partition coefficient (Wildman–Crippen LogP) is 2.13. The van der Waals surface area contributed by atoms with Gasteiger partial charge in [0.15, 0.2) is 0 Å². The molecule has 2 atom stereocenters. The fourth-order valence-corrected chi connectivity index (χ4v) is 2.07. The van der Waals surface area contributed by atoms with Crippen LogP contribution in [0.4, 0.5) is 0 Å². The van der Waals surface area contributed by atoms with Crippen LogP contribution >= 0.6 is 0 Å². The maximum atomic E-state index is 5.64. The van der Waals surface area contributed by atoms with Crippen molar-refractivity contribution in [3.05, 3.63) is 35.9 Å². The third kappa shape index (κ3) is 1.35. The van der Waals surface area contributed by atoms with Crippen LogP contribution < -0.4 is 0 Å². The molecule has 2 nitrogen and oxygen atoms in total. The average molecular weight is 190 g/mol. The summed E-state index contributed by atoms with van der Waals surface area (Å²) >= 11 is 0. The Labute approximate surface area is 83.8 Å². The molecule has 1 aromatic carbocycles. The van der Waals surface area contributed by atoms with Crippen LogP contribution in [0.25, 0.3) is 0 Å². The Kier molecular flexibility index (Phi) is 1.85. The molecule has 1 aliphatic carbocycles. The maximum Gasteiger partial charge on any atom is 0.118 e. The van der Waals surface area contributed by atoms with Gasteiger partial charge in [-0.1, -0.05) is 30.3 Å². The smallest absolute Gasteiger partial charge is 0.118 e. The van der Waals surface area contributed by atoms with Gasteiger partial charge in [-0.3, -0.25) is 0 Å². The van der Waals surface area contributed by atoms with Crippen LogP contribution in [0.15, 0.2) is 30.3 Å². The standard InChI is InChI=1S/C12H14O2/c1-2-4-10(5-3-1)8-13-9-12-7-6-11(12)14-12/h1-5,11H,6-9H2. The lowest BCUT2D eigenvalue weighted by Crippen LogP contribution is -2.30. The molecule has 0 N–H and O–H groups in total. The molecule has 0 spiro atoms. The fourth-order valence-electron chi connectivity index (χ4n) is 2.07. The molecule has 2 unspecified atom stereocenters. The Balaban J connectivity index is 1.47. The summed E-state index contributed by atoms with van der Waals surface area (Å²) in [5.41, 5.74) is 1.38. The summed E-state index contributed by atoms with van der Waals surface area (Å²) in [7, 11) is 0. The van der Waals surface area contributed by atoms with E-state index in [-0.39, 0.29) is 5.60 Å². The summed E-state index contributed by atoms with van der Waals surface area (Å²) in [6.07, 6.45) is 2.94. The molecule has 2 heteroatoms. The lowest BCUT2D eigenvalue weighted by molar-refractivity contribution is 0.0617. The Morgan fingerprint density at radius 3 is 2.79 bits per heavy atom. The molecule has 1 saturated heterocycles. The summed E-state index contributed by atoms with van der Waals surface area (Å²) in [6, 6.07) is 10.3. The van der Waals surface area contributed by atoms with Gasteiger partial charge in [0.05, 0.1) is 19.3 Å². The average Bonchev–Trinajstić information content (AvgIpc) is 2.72. The third-order valence-corrected chi connectivity index (χ3v) is 3.19. The molecular weight excluding hydrogens is 176 g/mol. The van der Waals surface area contributed by atoms with Crippen molar-refractivity contribution in [1.82, 2.24) is 0 Å². The van der Waals surface area contributed by atoms with Crippen LogP contribution in [0.5, 0.6) is 0 Å². The first-order valence-electron chi connectivity index (χ1n) is 5.19. The van der Waals surface area contributed by atoms with Gasteiger partial charge in [-0.05, 0) is 18.4 Å². The Morgan fingerprint density at radius 1 is 1.36 bits per heavy atom.